The molecule has 138 valence electrons. The minimum atomic E-state index is -0.617. The molecule has 26 heavy (non-hydrogen) atoms. The van der Waals surface area contributed by atoms with Crippen molar-refractivity contribution in [2.75, 3.05) is 26.2 Å². The SMILES string of the molecule is CC1(Oc2cccc(O)c2[N+](=O)[O-])CCN(CCOc2ccccc2)C1. The van der Waals surface area contributed by atoms with Crippen LogP contribution in [0.1, 0.15) is 13.3 Å². The van der Waals surface area contributed by atoms with Gasteiger partial charge in [0, 0.05) is 26.1 Å². The molecule has 2 aromatic carbocycles. The average Bonchev–Trinajstić information content (AvgIpc) is 2.96. The number of hydrogen-bond donors (Lipinski definition) is 1. The topological polar surface area (TPSA) is 85.1 Å². The van der Waals surface area contributed by atoms with Gasteiger partial charge < -0.3 is 14.6 Å². The van der Waals surface area contributed by atoms with Crippen LogP contribution in [0.2, 0.25) is 0 Å². The Balaban J connectivity index is 1.57. The fraction of sp³-hybridized carbons (Fsp3) is 0.368. The lowest BCUT2D eigenvalue weighted by Crippen LogP contribution is -2.37. The highest BCUT2D eigenvalue weighted by atomic mass is 16.6. The average molecular weight is 358 g/mol. The van der Waals surface area contributed by atoms with Gasteiger partial charge in [0.05, 0.1) is 4.92 Å². The first-order valence-electron chi connectivity index (χ1n) is 8.52. The van der Waals surface area contributed by atoms with Gasteiger partial charge in [-0.25, -0.2) is 0 Å². The highest BCUT2D eigenvalue weighted by Gasteiger charge is 2.37. The van der Waals surface area contributed by atoms with Crippen molar-refractivity contribution in [1.29, 1.82) is 0 Å². The molecule has 0 aromatic heterocycles. The quantitative estimate of drug-likeness (QED) is 0.604. The smallest absolute Gasteiger partial charge is 0.352 e. The molecule has 0 aliphatic carbocycles. The number of likely N-dealkylation sites (tertiary alicyclic amines) is 1. The summed E-state index contributed by atoms with van der Waals surface area (Å²) < 4.78 is 11.7. The molecule has 1 aliphatic heterocycles. The van der Waals surface area contributed by atoms with E-state index < -0.39 is 10.5 Å². The Labute approximate surface area is 151 Å². The summed E-state index contributed by atoms with van der Waals surface area (Å²) in [5.74, 6) is 0.545. The number of para-hydroxylation sites is 2. The minimum Gasteiger partial charge on any atom is -0.502 e. The first kappa shape index (κ1) is 18.0. The van der Waals surface area contributed by atoms with Crippen LogP contribution in [0.25, 0.3) is 0 Å². The lowest BCUT2D eigenvalue weighted by atomic mass is 10.1. The first-order valence-corrected chi connectivity index (χ1v) is 8.52. The summed E-state index contributed by atoms with van der Waals surface area (Å²) >= 11 is 0. The number of phenols is 1. The van der Waals surface area contributed by atoms with E-state index in [9.17, 15) is 15.2 Å². The molecule has 1 fully saturated rings. The molecule has 1 aliphatic rings. The molecule has 7 nitrogen and oxygen atoms in total. The normalized spacial score (nSPS) is 20.0. The maximum absolute atomic E-state index is 11.2. The summed E-state index contributed by atoms with van der Waals surface area (Å²) in [5.41, 5.74) is -0.940. The Morgan fingerprint density at radius 2 is 2.00 bits per heavy atom. The predicted octanol–water partition coefficient (Wildman–Crippen LogP) is 3.22. The van der Waals surface area contributed by atoms with Crippen LogP contribution >= 0.6 is 0 Å². The molecule has 1 heterocycles. The van der Waals surface area contributed by atoms with Crippen molar-refractivity contribution in [2.45, 2.75) is 18.9 Å². The lowest BCUT2D eigenvalue weighted by molar-refractivity contribution is -0.387. The summed E-state index contributed by atoms with van der Waals surface area (Å²) in [6.45, 7) is 4.69. The van der Waals surface area contributed by atoms with Gasteiger partial charge in [-0.15, -0.1) is 0 Å². The third-order valence-electron chi connectivity index (χ3n) is 4.45. The van der Waals surface area contributed by atoms with Gasteiger partial charge in [-0.2, -0.15) is 0 Å². The van der Waals surface area contributed by atoms with Gasteiger partial charge in [0.15, 0.2) is 5.75 Å². The molecule has 0 saturated carbocycles. The van der Waals surface area contributed by atoms with E-state index in [2.05, 4.69) is 4.90 Å². The number of rotatable bonds is 7. The van der Waals surface area contributed by atoms with Crippen molar-refractivity contribution in [3.63, 3.8) is 0 Å². The monoisotopic (exact) mass is 358 g/mol. The Morgan fingerprint density at radius 3 is 2.73 bits per heavy atom. The van der Waals surface area contributed by atoms with E-state index in [1.807, 2.05) is 37.3 Å². The highest BCUT2D eigenvalue weighted by Crippen LogP contribution is 2.39. The van der Waals surface area contributed by atoms with E-state index in [0.29, 0.717) is 13.2 Å². The molecule has 2 aromatic rings. The Hall–Kier alpha value is -2.80. The van der Waals surface area contributed by atoms with E-state index >= 15 is 0 Å². The summed E-state index contributed by atoms with van der Waals surface area (Å²) in [7, 11) is 0. The maximum atomic E-state index is 11.2. The first-order chi connectivity index (χ1) is 12.5. The Bertz CT molecular complexity index is 768. The molecule has 0 bridgehead atoms. The summed E-state index contributed by atoms with van der Waals surface area (Å²) in [6.07, 6.45) is 0.741. The number of nitro benzene ring substituents is 1. The van der Waals surface area contributed by atoms with Crippen molar-refractivity contribution in [3.05, 3.63) is 58.6 Å². The molecule has 0 spiro atoms. The zero-order valence-electron chi connectivity index (χ0n) is 14.6. The molecule has 1 N–H and O–H groups in total. The van der Waals surface area contributed by atoms with Crippen molar-refractivity contribution in [3.8, 4) is 17.2 Å². The van der Waals surface area contributed by atoms with Gasteiger partial charge >= 0.3 is 5.69 Å². The van der Waals surface area contributed by atoms with Gasteiger partial charge in [-0.3, -0.25) is 15.0 Å². The molecular weight excluding hydrogens is 336 g/mol. The van der Waals surface area contributed by atoms with Crippen molar-refractivity contribution < 1.29 is 19.5 Å². The molecule has 0 amide bonds. The van der Waals surface area contributed by atoms with Crippen molar-refractivity contribution >= 4 is 5.69 Å². The second kappa shape index (κ2) is 7.61. The number of hydrogen-bond acceptors (Lipinski definition) is 6. The summed E-state index contributed by atoms with van der Waals surface area (Å²) in [6, 6.07) is 14.0. The van der Waals surface area contributed by atoms with Gasteiger partial charge in [0.25, 0.3) is 0 Å². The zero-order chi connectivity index (χ0) is 18.6. The number of benzene rings is 2. The van der Waals surface area contributed by atoms with E-state index in [1.54, 1.807) is 6.07 Å². The Kier molecular flexibility index (Phi) is 5.27. The summed E-state index contributed by atoms with van der Waals surface area (Å²) in [5, 5.41) is 20.9. The highest BCUT2D eigenvalue weighted by molar-refractivity contribution is 5.56. The van der Waals surface area contributed by atoms with Gasteiger partial charge in [-0.1, -0.05) is 24.3 Å². The number of nitrogens with zero attached hydrogens (tertiary/aromatic N) is 2. The van der Waals surface area contributed by atoms with E-state index in [1.165, 1.54) is 12.1 Å². The second-order valence-corrected chi connectivity index (χ2v) is 6.62. The van der Waals surface area contributed by atoms with Crippen molar-refractivity contribution in [1.82, 2.24) is 4.90 Å². The number of ether oxygens (including phenoxy) is 2. The van der Waals surface area contributed by atoms with E-state index in [4.69, 9.17) is 9.47 Å². The van der Waals surface area contributed by atoms with E-state index in [-0.39, 0.29) is 17.2 Å². The standard InChI is InChI=1S/C19H22N2O5/c1-19(26-17-9-5-8-16(22)18(17)21(23)24)10-11-20(14-19)12-13-25-15-6-3-2-4-7-15/h2-9,22H,10-14H2,1H3. The van der Waals surface area contributed by atoms with Gasteiger partial charge in [0.2, 0.25) is 5.75 Å². The maximum Gasteiger partial charge on any atom is 0.352 e. The predicted molar refractivity (Wildman–Crippen MR) is 96.8 cm³/mol. The second-order valence-electron chi connectivity index (χ2n) is 6.62. The van der Waals surface area contributed by atoms with Gasteiger partial charge in [-0.05, 0) is 31.2 Å². The number of phenolic OH excluding ortho intramolecular Hbond substituents is 1. The molecule has 0 radical (unpaired) electrons. The molecule has 1 unspecified atom stereocenters. The van der Waals surface area contributed by atoms with Crippen LogP contribution in [0, 0.1) is 10.1 Å². The minimum absolute atomic E-state index is 0.0971. The number of aromatic hydroxyl groups is 1. The molecule has 7 heteroatoms. The van der Waals surface area contributed by atoms with Crippen LogP contribution < -0.4 is 9.47 Å². The van der Waals surface area contributed by atoms with Crippen LogP contribution in [0.15, 0.2) is 48.5 Å². The van der Waals surface area contributed by atoms with E-state index in [0.717, 1.165) is 25.3 Å². The zero-order valence-corrected chi connectivity index (χ0v) is 14.6. The van der Waals surface area contributed by atoms with Crippen LogP contribution in [-0.4, -0.2) is 46.8 Å². The van der Waals surface area contributed by atoms with Gasteiger partial charge in [0.1, 0.15) is 18.0 Å². The van der Waals surface area contributed by atoms with Crippen LogP contribution in [0.5, 0.6) is 17.2 Å². The van der Waals surface area contributed by atoms with Crippen LogP contribution in [0.3, 0.4) is 0 Å². The Morgan fingerprint density at radius 1 is 1.23 bits per heavy atom. The van der Waals surface area contributed by atoms with Crippen LogP contribution in [-0.2, 0) is 0 Å². The molecule has 1 saturated heterocycles. The largest absolute Gasteiger partial charge is 0.502 e. The number of nitro groups is 1. The fourth-order valence-electron chi connectivity index (χ4n) is 3.15. The van der Waals surface area contributed by atoms with Crippen LogP contribution in [0.4, 0.5) is 5.69 Å². The third kappa shape index (κ3) is 4.23. The fourth-order valence-corrected chi connectivity index (χ4v) is 3.15. The third-order valence-corrected chi connectivity index (χ3v) is 4.45. The lowest BCUT2D eigenvalue weighted by Gasteiger charge is -2.26. The molecular formula is C19H22N2O5. The summed E-state index contributed by atoms with van der Waals surface area (Å²) in [4.78, 5) is 12.8. The molecule has 3 rings (SSSR count). The molecule has 1 atom stereocenters. The van der Waals surface area contributed by atoms with Crippen molar-refractivity contribution in [2.24, 2.45) is 0 Å².